The smallest absolute Gasteiger partial charge is 0.406 e. The molecule has 1 aromatic heterocycles. The monoisotopic (exact) mass is 288 g/mol. The summed E-state index contributed by atoms with van der Waals surface area (Å²) in [5.41, 5.74) is 0.0664. The van der Waals surface area contributed by atoms with Gasteiger partial charge in [-0.1, -0.05) is 6.07 Å². The van der Waals surface area contributed by atoms with Gasteiger partial charge in [0.25, 0.3) is 6.01 Å². The van der Waals surface area contributed by atoms with Crippen LogP contribution in [-0.2, 0) is 0 Å². The van der Waals surface area contributed by atoms with E-state index in [0.29, 0.717) is 0 Å². The Morgan fingerprint density at radius 1 is 1.45 bits per heavy atom. The summed E-state index contributed by atoms with van der Waals surface area (Å²) in [6.45, 7) is 0.353. The maximum absolute atomic E-state index is 12.4. The molecule has 0 amide bonds. The van der Waals surface area contributed by atoms with Crippen molar-refractivity contribution in [3.8, 4) is 0 Å². The number of hydrogen-bond donors (Lipinski definition) is 1. The zero-order chi connectivity index (χ0) is 14.9. The minimum Gasteiger partial charge on any atom is -0.478 e. The Balaban J connectivity index is 2.45. The number of nitrogens with zero attached hydrogens (tertiary/aromatic N) is 2. The lowest BCUT2D eigenvalue weighted by atomic mass is 10.2. The molecule has 0 spiro atoms. The topological polar surface area (TPSA) is 66.6 Å². The maximum atomic E-state index is 12.4. The van der Waals surface area contributed by atoms with Gasteiger partial charge in [0.1, 0.15) is 12.1 Å². The van der Waals surface area contributed by atoms with E-state index in [1.807, 2.05) is 0 Å². The lowest BCUT2D eigenvalue weighted by Crippen LogP contribution is -2.34. The third-order valence-electron chi connectivity index (χ3n) is 2.66. The predicted molar refractivity (Wildman–Crippen MR) is 64.9 cm³/mol. The van der Waals surface area contributed by atoms with Crippen molar-refractivity contribution in [3.05, 3.63) is 23.8 Å². The molecule has 0 radical (unpaired) electrons. The molecule has 1 heterocycles. The van der Waals surface area contributed by atoms with Crippen molar-refractivity contribution >= 4 is 23.1 Å². The summed E-state index contributed by atoms with van der Waals surface area (Å²) in [6.07, 6.45) is -4.40. The number of rotatable bonds is 4. The van der Waals surface area contributed by atoms with Crippen LogP contribution in [0, 0.1) is 0 Å². The number of carbonyl (C=O) groups is 1. The van der Waals surface area contributed by atoms with Crippen molar-refractivity contribution < 1.29 is 27.5 Å². The number of alkyl halides is 3. The van der Waals surface area contributed by atoms with Crippen LogP contribution in [0.5, 0.6) is 0 Å². The maximum Gasteiger partial charge on any atom is 0.406 e. The van der Waals surface area contributed by atoms with Gasteiger partial charge in [-0.2, -0.15) is 18.2 Å². The van der Waals surface area contributed by atoms with Crippen molar-refractivity contribution in [2.75, 3.05) is 18.0 Å². The van der Waals surface area contributed by atoms with Gasteiger partial charge in [-0.15, -0.1) is 0 Å². The molecule has 2 aromatic rings. The highest BCUT2D eigenvalue weighted by Gasteiger charge is 2.32. The number of oxazole rings is 1. The Hall–Kier alpha value is -2.25. The fourth-order valence-electron chi connectivity index (χ4n) is 1.78. The standard InChI is InChI=1S/C12H11F3N2O3/c1-2-17(6-12(13,14)15)11-16-9-7(10(18)19)4-3-5-8(9)20-11/h3-5H,2,6H2,1H3,(H,18,19). The zero-order valence-corrected chi connectivity index (χ0v) is 10.4. The van der Waals surface area contributed by atoms with Gasteiger partial charge in [-0.3, -0.25) is 0 Å². The molecular weight excluding hydrogens is 277 g/mol. The summed E-state index contributed by atoms with van der Waals surface area (Å²) in [5, 5.41) is 9.00. The number of para-hydroxylation sites is 1. The average Bonchev–Trinajstić information content (AvgIpc) is 2.77. The van der Waals surface area contributed by atoms with Crippen molar-refractivity contribution in [2.45, 2.75) is 13.1 Å². The Morgan fingerprint density at radius 3 is 2.70 bits per heavy atom. The number of anilines is 1. The van der Waals surface area contributed by atoms with Crippen LogP contribution in [-0.4, -0.2) is 35.3 Å². The molecule has 0 aliphatic heterocycles. The highest BCUT2D eigenvalue weighted by atomic mass is 19.4. The van der Waals surface area contributed by atoms with Gasteiger partial charge in [-0.05, 0) is 19.1 Å². The lowest BCUT2D eigenvalue weighted by Gasteiger charge is -2.19. The summed E-state index contributed by atoms with van der Waals surface area (Å²) < 4.78 is 42.5. The van der Waals surface area contributed by atoms with Crippen molar-refractivity contribution in [1.29, 1.82) is 0 Å². The van der Waals surface area contributed by atoms with Gasteiger partial charge < -0.3 is 14.4 Å². The Bertz CT molecular complexity index is 636. The fraction of sp³-hybridized carbons (Fsp3) is 0.333. The van der Waals surface area contributed by atoms with Crippen LogP contribution in [0.3, 0.4) is 0 Å². The highest BCUT2D eigenvalue weighted by molar-refractivity contribution is 6.00. The van der Waals surface area contributed by atoms with Gasteiger partial charge >= 0.3 is 12.1 Å². The Morgan fingerprint density at radius 2 is 2.15 bits per heavy atom. The molecule has 108 valence electrons. The third kappa shape index (κ3) is 2.84. The largest absolute Gasteiger partial charge is 0.478 e. The first kappa shape index (κ1) is 14.2. The van der Waals surface area contributed by atoms with Crippen molar-refractivity contribution in [2.24, 2.45) is 0 Å². The second-order valence-electron chi connectivity index (χ2n) is 4.08. The Kier molecular flexibility index (Phi) is 3.56. The molecule has 0 saturated carbocycles. The fourth-order valence-corrected chi connectivity index (χ4v) is 1.78. The highest BCUT2D eigenvalue weighted by Crippen LogP contribution is 2.27. The molecule has 0 unspecified atom stereocenters. The number of halogens is 3. The van der Waals surface area contributed by atoms with Crippen molar-refractivity contribution in [1.82, 2.24) is 4.98 Å². The van der Waals surface area contributed by atoms with E-state index in [9.17, 15) is 18.0 Å². The molecule has 0 bridgehead atoms. The molecule has 20 heavy (non-hydrogen) atoms. The summed E-state index contributed by atoms with van der Waals surface area (Å²) in [4.78, 5) is 15.8. The van der Waals surface area contributed by atoms with E-state index < -0.39 is 18.7 Å². The van der Waals surface area contributed by atoms with Crippen LogP contribution in [0.25, 0.3) is 11.1 Å². The van der Waals surface area contributed by atoms with Crippen LogP contribution in [0.15, 0.2) is 22.6 Å². The van der Waals surface area contributed by atoms with Crippen molar-refractivity contribution in [3.63, 3.8) is 0 Å². The van der Waals surface area contributed by atoms with Gasteiger partial charge in [0, 0.05) is 6.54 Å². The van der Waals surface area contributed by atoms with E-state index in [1.54, 1.807) is 0 Å². The molecule has 2 rings (SSSR count). The SMILES string of the molecule is CCN(CC(F)(F)F)c1nc2c(C(=O)O)cccc2o1. The van der Waals surface area contributed by atoms with E-state index in [4.69, 9.17) is 9.52 Å². The first-order valence-corrected chi connectivity index (χ1v) is 5.76. The zero-order valence-electron chi connectivity index (χ0n) is 10.4. The molecule has 0 aliphatic carbocycles. The number of carboxylic acids is 1. The number of aromatic nitrogens is 1. The molecular formula is C12H11F3N2O3. The quantitative estimate of drug-likeness (QED) is 0.937. The predicted octanol–water partition coefficient (Wildman–Crippen LogP) is 2.91. The molecule has 1 N–H and O–H groups in total. The van der Waals surface area contributed by atoms with Crippen LogP contribution in [0.4, 0.5) is 19.2 Å². The van der Waals surface area contributed by atoms with Gasteiger partial charge in [0.2, 0.25) is 0 Å². The van der Waals surface area contributed by atoms with Crippen LogP contribution < -0.4 is 4.90 Å². The van der Waals surface area contributed by atoms with Crippen LogP contribution >= 0.6 is 0 Å². The van der Waals surface area contributed by atoms with Gasteiger partial charge in [0.15, 0.2) is 5.58 Å². The van der Waals surface area contributed by atoms with Gasteiger partial charge in [0.05, 0.1) is 5.56 Å². The van der Waals surface area contributed by atoms with E-state index in [2.05, 4.69) is 4.98 Å². The molecule has 0 fully saturated rings. The Labute approximate surface area is 111 Å². The number of carboxylic acid groups (broad SMARTS) is 1. The average molecular weight is 288 g/mol. The van der Waals surface area contributed by atoms with E-state index in [1.165, 1.54) is 25.1 Å². The molecule has 0 saturated heterocycles. The van der Waals surface area contributed by atoms with E-state index in [0.717, 1.165) is 4.90 Å². The molecule has 8 heteroatoms. The summed E-state index contributed by atoms with van der Waals surface area (Å²) in [5.74, 6) is -1.21. The number of hydrogen-bond acceptors (Lipinski definition) is 4. The van der Waals surface area contributed by atoms with Gasteiger partial charge in [-0.25, -0.2) is 4.79 Å². The van der Waals surface area contributed by atoms with Crippen LogP contribution in [0.1, 0.15) is 17.3 Å². The third-order valence-corrected chi connectivity index (χ3v) is 2.66. The number of aromatic carboxylic acids is 1. The molecule has 5 nitrogen and oxygen atoms in total. The normalized spacial score (nSPS) is 11.8. The summed E-state index contributed by atoms with van der Waals surface area (Å²) >= 11 is 0. The first-order chi connectivity index (χ1) is 9.31. The summed E-state index contributed by atoms with van der Waals surface area (Å²) in [6, 6.07) is 3.98. The lowest BCUT2D eigenvalue weighted by molar-refractivity contribution is -0.120. The molecule has 0 atom stereocenters. The molecule has 1 aromatic carbocycles. The second-order valence-corrected chi connectivity index (χ2v) is 4.08. The number of fused-ring (bicyclic) bond motifs is 1. The minimum atomic E-state index is -4.40. The van der Waals surface area contributed by atoms with E-state index in [-0.39, 0.29) is 29.2 Å². The first-order valence-electron chi connectivity index (χ1n) is 5.76. The van der Waals surface area contributed by atoms with Crippen LogP contribution in [0.2, 0.25) is 0 Å². The second kappa shape index (κ2) is 5.03. The minimum absolute atomic E-state index is 0.0364. The summed E-state index contributed by atoms with van der Waals surface area (Å²) in [7, 11) is 0. The van der Waals surface area contributed by atoms with E-state index >= 15 is 0 Å². The molecule has 0 aliphatic rings. The number of benzene rings is 1.